The van der Waals surface area contributed by atoms with Crippen LogP contribution in [0.4, 0.5) is 11.6 Å². The second kappa shape index (κ2) is 9.82. The number of rotatable bonds is 7. The summed E-state index contributed by atoms with van der Waals surface area (Å²) in [5.41, 5.74) is 4.78. The fourth-order valence-corrected chi connectivity index (χ4v) is 4.36. The minimum atomic E-state index is 0.217. The summed E-state index contributed by atoms with van der Waals surface area (Å²) in [6.07, 6.45) is 9.74. The molecule has 4 aromatic rings. The number of hydrogen-bond donors (Lipinski definition) is 2. The van der Waals surface area contributed by atoms with Crippen LogP contribution in [0.25, 0.3) is 22.2 Å². The quantitative estimate of drug-likeness (QED) is 0.431. The highest BCUT2D eigenvalue weighted by Crippen LogP contribution is 2.27. The highest BCUT2D eigenvalue weighted by molar-refractivity contribution is 5.81. The van der Waals surface area contributed by atoms with Crippen molar-refractivity contribution in [3.63, 3.8) is 0 Å². The second-order valence-electron chi connectivity index (χ2n) is 9.12. The van der Waals surface area contributed by atoms with Gasteiger partial charge in [-0.1, -0.05) is 13.8 Å². The number of anilines is 2. The van der Waals surface area contributed by atoms with Gasteiger partial charge in [0.15, 0.2) is 5.82 Å². The predicted octanol–water partition coefficient (Wildman–Crippen LogP) is 3.78. The van der Waals surface area contributed by atoms with E-state index in [4.69, 9.17) is 10.1 Å². The van der Waals surface area contributed by atoms with Gasteiger partial charge in [-0.05, 0) is 48.6 Å². The molecule has 1 saturated heterocycles. The molecular weight excluding hydrogens is 428 g/mol. The van der Waals surface area contributed by atoms with Crippen molar-refractivity contribution < 1.29 is 5.11 Å². The van der Waals surface area contributed by atoms with Crippen molar-refractivity contribution in [2.75, 3.05) is 31.6 Å². The Labute approximate surface area is 198 Å². The van der Waals surface area contributed by atoms with Crippen LogP contribution in [0.1, 0.15) is 44.2 Å². The summed E-state index contributed by atoms with van der Waals surface area (Å²) in [5.74, 6) is 1.75. The molecule has 9 heteroatoms. The van der Waals surface area contributed by atoms with Crippen molar-refractivity contribution in [1.29, 1.82) is 0 Å². The largest absolute Gasteiger partial charge is 0.395 e. The molecule has 0 spiro atoms. The zero-order chi connectivity index (χ0) is 23.5. The Morgan fingerprint density at radius 3 is 2.68 bits per heavy atom. The Morgan fingerprint density at radius 2 is 1.88 bits per heavy atom. The molecule has 0 amide bonds. The molecule has 1 fully saturated rings. The minimum absolute atomic E-state index is 0.217. The molecule has 34 heavy (non-hydrogen) atoms. The monoisotopic (exact) mass is 458 g/mol. The van der Waals surface area contributed by atoms with Crippen LogP contribution < -0.4 is 5.32 Å². The van der Waals surface area contributed by atoms with Gasteiger partial charge in [-0.2, -0.15) is 10.2 Å². The maximum absolute atomic E-state index is 9.15. The Morgan fingerprint density at radius 1 is 1.03 bits per heavy atom. The molecule has 9 nitrogen and oxygen atoms in total. The van der Waals surface area contributed by atoms with Gasteiger partial charge in [-0.25, -0.2) is 4.98 Å². The van der Waals surface area contributed by atoms with Crippen LogP contribution in [0.15, 0.2) is 49.1 Å². The molecule has 5 heterocycles. The lowest BCUT2D eigenvalue weighted by Gasteiger charge is -2.31. The number of hydrogen-bond acceptors (Lipinski definition) is 8. The summed E-state index contributed by atoms with van der Waals surface area (Å²) in [5, 5.41) is 25.3. The highest BCUT2D eigenvalue weighted by atomic mass is 16.3. The van der Waals surface area contributed by atoms with Gasteiger partial charge in [-0.3, -0.25) is 9.67 Å². The van der Waals surface area contributed by atoms with E-state index in [1.165, 1.54) is 0 Å². The number of pyridine rings is 2. The van der Waals surface area contributed by atoms with Crippen LogP contribution in [0.2, 0.25) is 0 Å². The zero-order valence-electron chi connectivity index (χ0n) is 19.6. The summed E-state index contributed by atoms with van der Waals surface area (Å²) < 4.78 is 2.07. The Hall–Kier alpha value is -3.43. The van der Waals surface area contributed by atoms with E-state index in [9.17, 15) is 0 Å². The number of nitrogens with one attached hydrogen (secondary N) is 1. The molecule has 0 aromatic carbocycles. The molecule has 0 atom stereocenters. The van der Waals surface area contributed by atoms with Crippen LogP contribution in [0.3, 0.4) is 0 Å². The third kappa shape index (κ3) is 4.90. The third-order valence-electron chi connectivity index (χ3n) is 6.42. The van der Waals surface area contributed by atoms with Crippen LogP contribution in [0.5, 0.6) is 0 Å². The first-order valence-corrected chi connectivity index (χ1v) is 11.8. The number of nitrogens with zero attached hydrogens (tertiary/aromatic N) is 7. The SMILES string of the molecule is CC(C)c1cnnc(Nc2ccc3ncc(-c4cnn(C5CCN(CCO)CC5)c4)cc3n2)c1. The van der Waals surface area contributed by atoms with Gasteiger partial charge < -0.3 is 15.3 Å². The first-order chi connectivity index (χ1) is 16.6. The van der Waals surface area contributed by atoms with E-state index in [0.29, 0.717) is 23.6 Å². The Bertz CT molecular complexity index is 1260. The predicted molar refractivity (Wildman–Crippen MR) is 132 cm³/mol. The molecule has 4 aromatic heterocycles. The lowest BCUT2D eigenvalue weighted by molar-refractivity contribution is 0.146. The van der Waals surface area contributed by atoms with Crippen LogP contribution >= 0.6 is 0 Å². The van der Waals surface area contributed by atoms with E-state index < -0.39 is 0 Å². The fourth-order valence-electron chi connectivity index (χ4n) is 4.36. The summed E-state index contributed by atoms with van der Waals surface area (Å²) in [6.45, 7) is 7.20. The van der Waals surface area contributed by atoms with Crippen LogP contribution in [0, 0.1) is 0 Å². The number of likely N-dealkylation sites (tertiary alicyclic amines) is 1. The van der Waals surface area contributed by atoms with Gasteiger partial charge in [0.25, 0.3) is 0 Å². The number of piperidine rings is 1. The molecule has 1 aliphatic rings. The first kappa shape index (κ1) is 22.4. The van der Waals surface area contributed by atoms with Crippen molar-refractivity contribution in [2.45, 2.75) is 38.6 Å². The van der Waals surface area contributed by atoms with E-state index in [1.54, 1.807) is 6.20 Å². The summed E-state index contributed by atoms with van der Waals surface area (Å²) in [4.78, 5) is 11.7. The molecule has 0 unspecified atom stereocenters. The number of aliphatic hydroxyl groups is 1. The lowest BCUT2D eigenvalue weighted by atomic mass is 10.1. The molecule has 176 valence electrons. The normalized spacial score (nSPS) is 15.3. The summed E-state index contributed by atoms with van der Waals surface area (Å²) in [6, 6.07) is 8.29. The van der Waals surface area contributed by atoms with Gasteiger partial charge in [-0.15, -0.1) is 5.10 Å². The number of fused-ring (bicyclic) bond motifs is 1. The smallest absolute Gasteiger partial charge is 0.154 e. The molecule has 0 saturated carbocycles. The van der Waals surface area contributed by atoms with Crippen molar-refractivity contribution in [3.05, 3.63) is 54.6 Å². The second-order valence-corrected chi connectivity index (χ2v) is 9.12. The van der Waals surface area contributed by atoms with Crippen molar-refractivity contribution in [1.82, 2.24) is 34.8 Å². The van der Waals surface area contributed by atoms with Gasteiger partial charge >= 0.3 is 0 Å². The molecule has 0 aliphatic carbocycles. The topological polar surface area (TPSA) is 105 Å². The number of aromatic nitrogens is 6. The zero-order valence-corrected chi connectivity index (χ0v) is 19.6. The van der Waals surface area contributed by atoms with Crippen molar-refractivity contribution in [2.24, 2.45) is 0 Å². The van der Waals surface area contributed by atoms with Crippen molar-refractivity contribution in [3.8, 4) is 11.1 Å². The van der Waals surface area contributed by atoms with E-state index in [0.717, 1.165) is 60.2 Å². The maximum atomic E-state index is 9.15. The first-order valence-electron chi connectivity index (χ1n) is 11.8. The molecule has 1 aliphatic heterocycles. The standard InChI is InChI=1S/C25H30N8O/c1-17(2)18-12-25(31-27-14-18)30-24-4-3-22-23(29-24)11-19(13-26-22)20-15-28-33(16-20)21-5-7-32(8-6-21)9-10-34/h3-4,11-17,21,34H,5-10H2,1-2H3,(H,29,30,31). The van der Waals surface area contributed by atoms with E-state index >= 15 is 0 Å². The lowest BCUT2D eigenvalue weighted by Crippen LogP contribution is -2.36. The minimum Gasteiger partial charge on any atom is -0.395 e. The molecule has 0 bridgehead atoms. The fraction of sp³-hybridized carbons (Fsp3) is 0.400. The number of aliphatic hydroxyl groups excluding tert-OH is 1. The maximum Gasteiger partial charge on any atom is 0.154 e. The number of β-amino-alcohol motifs (C(OH)–C–C–N with tert-alkyl or cyclic N) is 1. The van der Waals surface area contributed by atoms with E-state index in [1.807, 2.05) is 30.6 Å². The van der Waals surface area contributed by atoms with Crippen molar-refractivity contribution >= 4 is 22.7 Å². The van der Waals surface area contributed by atoms with E-state index in [-0.39, 0.29) is 6.61 Å². The van der Waals surface area contributed by atoms with Crippen LogP contribution in [-0.4, -0.2) is 66.2 Å². The Kier molecular flexibility index (Phi) is 6.46. The van der Waals surface area contributed by atoms with E-state index in [2.05, 4.69) is 61.3 Å². The van der Waals surface area contributed by atoms with Crippen LogP contribution in [-0.2, 0) is 0 Å². The highest BCUT2D eigenvalue weighted by Gasteiger charge is 2.21. The summed E-state index contributed by atoms with van der Waals surface area (Å²) >= 11 is 0. The van der Waals surface area contributed by atoms with Gasteiger partial charge in [0, 0.05) is 43.2 Å². The third-order valence-corrected chi connectivity index (χ3v) is 6.42. The molecule has 5 rings (SSSR count). The van der Waals surface area contributed by atoms with Gasteiger partial charge in [0.2, 0.25) is 0 Å². The average Bonchev–Trinajstić information content (AvgIpc) is 3.35. The summed E-state index contributed by atoms with van der Waals surface area (Å²) in [7, 11) is 0. The molecule has 2 N–H and O–H groups in total. The van der Waals surface area contributed by atoms with Gasteiger partial charge in [0.1, 0.15) is 5.82 Å². The Balaban J connectivity index is 1.34. The molecular formula is C25H30N8O. The molecule has 0 radical (unpaired) electrons. The van der Waals surface area contributed by atoms with Gasteiger partial charge in [0.05, 0.1) is 36.1 Å². The average molecular weight is 459 g/mol.